The summed E-state index contributed by atoms with van der Waals surface area (Å²) in [6.45, 7) is 4.17. The number of halogens is 1. The average Bonchev–Trinajstić information content (AvgIpc) is 3.19. The second-order valence-corrected chi connectivity index (χ2v) is 7.65. The van der Waals surface area contributed by atoms with Gasteiger partial charge in [-0.2, -0.15) is 5.10 Å². The van der Waals surface area contributed by atoms with Crippen molar-refractivity contribution in [1.29, 1.82) is 0 Å². The van der Waals surface area contributed by atoms with E-state index in [4.69, 9.17) is 5.10 Å². The van der Waals surface area contributed by atoms with Gasteiger partial charge >= 0.3 is 0 Å². The third-order valence-electron chi connectivity index (χ3n) is 6.23. The van der Waals surface area contributed by atoms with Crippen molar-refractivity contribution in [2.24, 2.45) is 21.9 Å². The highest BCUT2D eigenvalue weighted by Gasteiger charge is 2.45. The maximum atomic E-state index is 13.5. The van der Waals surface area contributed by atoms with Gasteiger partial charge in [0, 0.05) is 24.3 Å². The van der Waals surface area contributed by atoms with Crippen molar-refractivity contribution in [1.82, 2.24) is 5.43 Å². The molecule has 4 heteroatoms. The van der Waals surface area contributed by atoms with E-state index in [1.807, 2.05) is 18.3 Å². The molecule has 26 heavy (non-hydrogen) atoms. The molecule has 3 nitrogen and oxygen atoms in total. The Balaban J connectivity index is 1.64. The van der Waals surface area contributed by atoms with Crippen LogP contribution in [0.3, 0.4) is 0 Å². The Morgan fingerprint density at radius 1 is 1.19 bits per heavy atom. The van der Waals surface area contributed by atoms with Gasteiger partial charge in [0.15, 0.2) is 0 Å². The van der Waals surface area contributed by atoms with E-state index in [9.17, 15) is 4.39 Å². The van der Waals surface area contributed by atoms with Gasteiger partial charge in [0.25, 0.3) is 0 Å². The molecule has 0 amide bonds. The molecule has 132 valence electrons. The molecule has 0 aromatic heterocycles. The standard InChI is InChI=1S/C22H22FN3/c1-13-17-5-2-4-15-12-18(14-7-9-16(23)10-8-14)21(19-6-3-11-24-19)22(20(15)17)26-25-13/h3,7-11,15,18,21,25H,1-2,4-6,12H2. The number of hydrazone groups is 1. The van der Waals surface area contributed by atoms with Crippen LogP contribution in [-0.2, 0) is 0 Å². The Morgan fingerprint density at radius 2 is 2.04 bits per heavy atom. The predicted octanol–water partition coefficient (Wildman–Crippen LogP) is 4.86. The molecule has 0 spiro atoms. The van der Waals surface area contributed by atoms with Gasteiger partial charge in [0.2, 0.25) is 0 Å². The summed E-state index contributed by atoms with van der Waals surface area (Å²) in [5.41, 5.74) is 10.4. The molecular weight excluding hydrogens is 325 g/mol. The zero-order valence-electron chi connectivity index (χ0n) is 14.7. The smallest absolute Gasteiger partial charge is 0.123 e. The molecule has 2 aliphatic carbocycles. The van der Waals surface area contributed by atoms with Crippen molar-refractivity contribution in [3.8, 4) is 0 Å². The minimum atomic E-state index is -0.186. The van der Waals surface area contributed by atoms with E-state index in [1.54, 1.807) is 12.1 Å². The minimum Gasteiger partial charge on any atom is -0.279 e. The van der Waals surface area contributed by atoms with Gasteiger partial charge in [-0.25, -0.2) is 4.39 Å². The number of allylic oxidation sites excluding steroid dienone is 3. The van der Waals surface area contributed by atoms with Gasteiger partial charge in [-0.05, 0) is 66.4 Å². The lowest BCUT2D eigenvalue weighted by Crippen LogP contribution is -2.43. The summed E-state index contributed by atoms with van der Waals surface area (Å²) in [4.78, 5) is 4.67. The van der Waals surface area contributed by atoms with Gasteiger partial charge in [0.1, 0.15) is 5.82 Å². The topological polar surface area (TPSA) is 36.8 Å². The van der Waals surface area contributed by atoms with Crippen LogP contribution in [0, 0.1) is 17.7 Å². The van der Waals surface area contributed by atoms with Crippen LogP contribution in [0.2, 0.25) is 0 Å². The Labute approximate surface area is 153 Å². The molecule has 1 N–H and O–H groups in total. The van der Waals surface area contributed by atoms with Crippen LogP contribution >= 0.6 is 0 Å². The molecule has 5 rings (SSSR count). The fourth-order valence-electron chi connectivity index (χ4n) is 5.10. The molecule has 2 aliphatic heterocycles. The number of hydrogen-bond acceptors (Lipinski definition) is 3. The Morgan fingerprint density at radius 3 is 2.81 bits per heavy atom. The maximum Gasteiger partial charge on any atom is 0.123 e. The van der Waals surface area contributed by atoms with Crippen LogP contribution in [0.1, 0.15) is 43.6 Å². The van der Waals surface area contributed by atoms with Gasteiger partial charge in [-0.1, -0.05) is 24.8 Å². The van der Waals surface area contributed by atoms with Crippen LogP contribution in [0.4, 0.5) is 4.39 Å². The zero-order chi connectivity index (χ0) is 17.7. The van der Waals surface area contributed by atoms with Gasteiger partial charge in [-0.3, -0.25) is 10.4 Å². The Bertz CT molecular complexity index is 888. The molecule has 1 fully saturated rings. The first-order chi connectivity index (χ1) is 12.7. The lowest BCUT2D eigenvalue weighted by molar-refractivity contribution is 0.393. The summed E-state index contributed by atoms with van der Waals surface area (Å²) in [6, 6.07) is 7.01. The van der Waals surface area contributed by atoms with E-state index in [0.29, 0.717) is 5.92 Å². The van der Waals surface area contributed by atoms with Crippen molar-refractivity contribution >= 4 is 11.4 Å². The van der Waals surface area contributed by atoms with Crippen molar-refractivity contribution in [3.05, 3.63) is 71.3 Å². The number of nitrogens with one attached hydrogen (secondary N) is 1. The summed E-state index contributed by atoms with van der Waals surface area (Å²) in [5, 5.41) is 4.76. The number of nitrogens with zero attached hydrogens (tertiary/aromatic N) is 2. The van der Waals surface area contributed by atoms with Gasteiger partial charge in [0.05, 0.1) is 11.4 Å². The molecule has 0 saturated heterocycles. The quantitative estimate of drug-likeness (QED) is 0.815. The predicted molar refractivity (Wildman–Crippen MR) is 103 cm³/mol. The molecule has 2 heterocycles. The summed E-state index contributed by atoms with van der Waals surface area (Å²) in [7, 11) is 0. The first kappa shape index (κ1) is 15.7. The normalized spacial score (nSPS) is 29.9. The molecule has 4 aliphatic rings. The SMILES string of the molecule is C=C1NN=C2C3=C1CCCC3CC(c1ccc(F)cc1)C2C1=NC=CC1. The second-order valence-electron chi connectivity index (χ2n) is 7.65. The van der Waals surface area contributed by atoms with Gasteiger partial charge < -0.3 is 0 Å². The summed E-state index contributed by atoms with van der Waals surface area (Å²) in [6.07, 6.45) is 9.41. The molecule has 3 unspecified atom stereocenters. The third kappa shape index (κ3) is 2.39. The summed E-state index contributed by atoms with van der Waals surface area (Å²) < 4.78 is 13.5. The van der Waals surface area contributed by atoms with Crippen LogP contribution in [0.5, 0.6) is 0 Å². The largest absolute Gasteiger partial charge is 0.279 e. The fraction of sp³-hybridized carbons (Fsp3) is 0.364. The van der Waals surface area contributed by atoms with Crippen molar-refractivity contribution < 1.29 is 4.39 Å². The van der Waals surface area contributed by atoms with E-state index in [2.05, 4.69) is 23.1 Å². The molecule has 0 bridgehead atoms. The van der Waals surface area contributed by atoms with Crippen LogP contribution in [0.15, 0.2) is 70.1 Å². The number of aliphatic imine (C=N–C) groups is 1. The molecule has 3 atom stereocenters. The summed E-state index contributed by atoms with van der Waals surface area (Å²) >= 11 is 0. The van der Waals surface area contributed by atoms with E-state index < -0.39 is 0 Å². The Hall–Kier alpha value is -2.49. The monoisotopic (exact) mass is 347 g/mol. The van der Waals surface area contributed by atoms with E-state index in [1.165, 1.54) is 35.3 Å². The molecular formula is C22H22FN3. The molecule has 1 saturated carbocycles. The highest BCUT2D eigenvalue weighted by Crippen LogP contribution is 2.50. The second kappa shape index (κ2) is 6.04. The lowest BCUT2D eigenvalue weighted by atomic mass is 9.61. The number of hydrogen-bond donors (Lipinski definition) is 1. The van der Waals surface area contributed by atoms with E-state index >= 15 is 0 Å². The highest BCUT2D eigenvalue weighted by atomic mass is 19.1. The van der Waals surface area contributed by atoms with Crippen molar-refractivity contribution in [2.45, 2.75) is 38.0 Å². The lowest BCUT2D eigenvalue weighted by Gasteiger charge is -2.44. The van der Waals surface area contributed by atoms with Crippen molar-refractivity contribution in [3.63, 3.8) is 0 Å². The minimum absolute atomic E-state index is 0.149. The Kier molecular flexibility index (Phi) is 3.66. The molecule has 1 aromatic carbocycles. The fourth-order valence-corrected chi connectivity index (χ4v) is 5.10. The average molecular weight is 347 g/mol. The summed E-state index contributed by atoms with van der Waals surface area (Å²) in [5.74, 6) is 0.761. The highest BCUT2D eigenvalue weighted by molar-refractivity contribution is 6.18. The van der Waals surface area contributed by atoms with E-state index in [-0.39, 0.29) is 17.7 Å². The van der Waals surface area contributed by atoms with Crippen LogP contribution in [-0.4, -0.2) is 11.4 Å². The number of benzene rings is 1. The maximum absolute atomic E-state index is 13.5. The first-order valence-corrected chi connectivity index (χ1v) is 9.45. The van der Waals surface area contributed by atoms with Crippen LogP contribution < -0.4 is 5.43 Å². The van der Waals surface area contributed by atoms with Crippen molar-refractivity contribution in [2.75, 3.05) is 0 Å². The van der Waals surface area contributed by atoms with E-state index in [0.717, 1.165) is 30.7 Å². The zero-order valence-corrected chi connectivity index (χ0v) is 14.7. The first-order valence-electron chi connectivity index (χ1n) is 9.45. The van der Waals surface area contributed by atoms with Crippen LogP contribution in [0.25, 0.3) is 0 Å². The molecule has 0 radical (unpaired) electrons. The number of rotatable bonds is 2. The van der Waals surface area contributed by atoms with Gasteiger partial charge in [-0.15, -0.1) is 0 Å². The third-order valence-corrected chi connectivity index (χ3v) is 6.23. The molecule has 1 aromatic rings.